The van der Waals surface area contributed by atoms with Gasteiger partial charge < -0.3 is 5.32 Å². The molecule has 29 heavy (non-hydrogen) atoms. The van der Waals surface area contributed by atoms with Crippen LogP contribution in [0.3, 0.4) is 0 Å². The van der Waals surface area contributed by atoms with Gasteiger partial charge in [0.2, 0.25) is 5.91 Å². The lowest BCUT2D eigenvalue weighted by molar-refractivity contribution is -0.119. The van der Waals surface area contributed by atoms with Crippen LogP contribution in [0.4, 0.5) is 5.69 Å². The van der Waals surface area contributed by atoms with E-state index in [1.165, 1.54) is 23.8 Å². The van der Waals surface area contributed by atoms with E-state index in [0.717, 1.165) is 30.0 Å². The van der Waals surface area contributed by atoms with Crippen LogP contribution < -0.4 is 9.62 Å². The zero-order chi connectivity index (χ0) is 20.9. The molecule has 0 heterocycles. The van der Waals surface area contributed by atoms with Crippen molar-refractivity contribution >= 4 is 44.8 Å². The molecule has 0 aliphatic heterocycles. The molecule has 0 aromatic heterocycles. The lowest BCUT2D eigenvalue weighted by Gasteiger charge is -2.25. The summed E-state index contributed by atoms with van der Waals surface area (Å²) in [4.78, 5) is 12.7. The van der Waals surface area contributed by atoms with Crippen LogP contribution in [0.2, 0.25) is 10.0 Å². The second kappa shape index (κ2) is 9.65. The number of amides is 1. The first-order valence-electron chi connectivity index (χ1n) is 9.36. The molecule has 0 fully saturated rings. The van der Waals surface area contributed by atoms with Gasteiger partial charge in [-0.25, -0.2) is 8.42 Å². The van der Waals surface area contributed by atoms with E-state index in [2.05, 4.69) is 11.4 Å². The van der Waals surface area contributed by atoms with Gasteiger partial charge in [0.1, 0.15) is 6.54 Å². The fraction of sp³-hybridized carbons (Fsp3) is 0.286. The maximum atomic E-state index is 13.3. The summed E-state index contributed by atoms with van der Waals surface area (Å²) in [6.45, 7) is 0.0197. The van der Waals surface area contributed by atoms with Crippen molar-refractivity contribution in [1.29, 1.82) is 0 Å². The van der Waals surface area contributed by atoms with E-state index in [1.54, 1.807) is 30.3 Å². The Morgan fingerprint density at radius 2 is 1.79 bits per heavy atom. The predicted octanol–water partition coefficient (Wildman–Crippen LogP) is 4.81. The molecule has 0 bridgehead atoms. The van der Waals surface area contributed by atoms with E-state index in [0.29, 0.717) is 6.54 Å². The second-order valence-corrected chi connectivity index (χ2v) is 9.43. The number of carbonyl (C=O) groups excluding carboxylic acids is 1. The summed E-state index contributed by atoms with van der Waals surface area (Å²) in [5.74, 6) is -0.410. The van der Waals surface area contributed by atoms with E-state index in [9.17, 15) is 13.2 Å². The molecule has 0 radical (unpaired) electrons. The Hall–Kier alpha value is -2.02. The largest absolute Gasteiger partial charge is 0.351 e. The summed E-state index contributed by atoms with van der Waals surface area (Å²) < 4.78 is 27.5. The Morgan fingerprint density at radius 1 is 1.03 bits per heavy atom. The quantitative estimate of drug-likeness (QED) is 0.613. The molecule has 0 saturated heterocycles. The summed E-state index contributed by atoms with van der Waals surface area (Å²) in [6, 6.07) is 12.6. The van der Waals surface area contributed by atoms with Crippen molar-refractivity contribution in [2.24, 2.45) is 0 Å². The number of anilines is 1. The highest BCUT2D eigenvalue weighted by molar-refractivity contribution is 7.92. The van der Waals surface area contributed by atoms with Gasteiger partial charge >= 0.3 is 0 Å². The molecule has 0 unspecified atom stereocenters. The first-order chi connectivity index (χ1) is 13.9. The number of rotatable bonds is 7. The molecule has 0 spiro atoms. The summed E-state index contributed by atoms with van der Waals surface area (Å²) >= 11 is 12.4. The third-order valence-electron chi connectivity index (χ3n) is 4.72. The highest BCUT2D eigenvalue weighted by Gasteiger charge is 2.29. The summed E-state index contributed by atoms with van der Waals surface area (Å²) in [7, 11) is -4.02. The van der Waals surface area contributed by atoms with Gasteiger partial charge in [-0.05, 0) is 49.9 Å². The molecule has 154 valence electrons. The molecule has 3 rings (SSSR count). The Labute approximate surface area is 181 Å². The van der Waals surface area contributed by atoms with Crippen LogP contribution in [-0.2, 0) is 14.8 Å². The number of halogens is 2. The number of hydrogen-bond donors (Lipinski definition) is 1. The van der Waals surface area contributed by atoms with Crippen molar-refractivity contribution in [1.82, 2.24) is 5.32 Å². The first-order valence-corrected chi connectivity index (χ1v) is 11.6. The minimum atomic E-state index is -4.02. The van der Waals surface area contributed by atoms with Gasteiger partial charge in [0.15, 0.2) is 0 Å². The normalized spacial score (nSPS) is 14.2. The van der Waals surface area contributed by atoms with Gasteiger partial charge in [-0.3, -0.25) is 9.10 Å². The first kappa shape index (κ1) is 21.7. The van der Waals surface area contributed by atoms with Crippen molar-refractivity contribution in [2.75, 3.05) is 17.4 Å². The fourth-order valence-electron chi connectivity index (χ4n) is 3.17. The second-order valence-electron chi connectivity index (χ2n) is 6.78. The smallest absolute Gasteiger partial charge is 0.264 e. The van der Waals surface area contributed by atoms with Crippen LogP contribution in [0.25, 0.3) is 0 Å². The van der Waals surface area contributed by atoms with Crippen molar-refractivity contribution in [3.05, 3.63) is 70.2 Å². The number of benzene rings is 2. The number of nitrogens with zero attached hydrogens (tertiary/aromatic N) is 1. The number of sulfonamides is 1. The van der Waals surface area contributed by atoms with Gasteiger partial charge in [-0.15, -0.1) is 0 Å². The lowest BCUT2D eigenvalue weighted by Crippen LogP contribution is -2.41. The van der Waals surface area contributed by atoms with E-state index < -0.39 is 22.5 Å². The van der Waals surface area contributed by atoms with Crippen molar-refractivity contribution in [3.63, 3.8) is 0 Å². The van der Waals surface area contributed by atoms with Crippen LogP contribution >= 0.6 is 23.2 Å². The monoisotopic (exact) mass is 452 g/mol. The third-order valence-corrected chi connectivity index (χ3v) is 7.30. The van der Waals surface area contributed by atoms with E-state index in [1.807, 2.05) is 0 Å². The van der Waals surface area contributed by atoms with E-state index in [4.69, 9.17) is 23.2 Å². The maximum absolute atomic E-state index is 13.3. The van der Waals surface area contributed by atoms with Gasteiger partial charge in [0.05, 0.1) is 20.6 Å². The van der Waals surface area contributed by atoms with Crippen LogP contribution in [0.5, 0.6) is 0 Å². The summed E-state index contributed by atoms with van der Waals surface area (Å²) in [5, 5.41) is 3.11. The molecule has 1 N–H and O–H groups in total. The molecule has 1 amide bonds. The van der Waals surface area contributed by atoms with Crippen LogP contribution in [0.1, 0.15) is 25.7 Å². The van der Waals surface area contributed by atoms with Gasteiger partial charge in [0.25, 0.3) is 10.0 Å². The van der Waals surface area contributed by atoms with Gasteiger partial charge in [-0.2, -0.15) is 0 Å². The number of hydrogen-bond acceptors (Lipinski definition) is 3. The molecular weight excluding hydrogens is 431 g/mol. The third kappa shape index (κ3) is 5.32. The highest BCUT2D eigenvalue weighted by Crippen LogP contribution is 2.35. The fourth-order valence-corrected chi connectivity index (χ4v) is 5.07. The topological polar surface area (TPSA) is 66.5 Å². The predicted molar refractivity (Wildman–Crippen MR) is 117 cm³/mol. The Balaban J connectivity index is 1.88. The highest BCUT2D eigenvalue weighted by atomic mass is 35.5. The molecule has 1 aliphatic carbocycles. The Kier molecular flexibility index (Phi) is 7.22. The molecule has 5 nitrogen and oxygen atoms in total. The maximum Gasteiger partial charge on any atom is 0.264 e. The minimum absolute atomic E-state index is 0.0684. The average molecular weight is 453 g/mol. The average Bonchev–Trinajstić information content (AvgIpc) is 2.74. The van der Waals surface area contributed by atoms with Gasteiger partial charge in [0, 0.05) is 6.54 Å². The van der Waals surface area contributed by atoms with Crippen molar-refractivity contribution in [3.8, 4) is 0 Å². The zero-order valence-corrected chi connectivity index (χ0v) is 18.1. The van der Waals surface area contributed by atoms with Crippen LogP contribution in [-0.4, -0.2) is 27.4 Å². The standard InChI is InChI=1S/C21H22Cl2N2O3S/c22-18-12-7-13-19(21(18)23)25(29(27,28)17-10-5-2-6-11-17)15-20(26)24-14-16-8-3-1-4-9-16/h2,5-8,10-13H,1,3-4,9,14-15H2,(H,24,26). The minimum Gasteiger partial charge on any atom is -0.351 e. The Bertz CT molecular complexity index is 1010. The molecule has 0 atom stereocenters. The number of nitrogens with one attached hydrogen (secondary N) is 1. The summed E-state index contributed by atoms with van der Waals surface area (Å²) in [6.07, 6.45) is 6.36. The van der Waals surface area contributed by atoms with E-state index in [-0.39, 0.29) is 20.6 Å². The Morgan fingerprint density at radius 3 is 2.48 bits per heavy atom. The molecule has 2 aromatic rings. The summed E-state index contributed by atoms with van der Waals surface area (Å²) in [5.41, 5.74) is 1.33. The number of carbonyl (C=O) groups is 1. The van der Waals surface area contributed by atoms with Gasteiger partial charge in [-0.1, -0.05) is 59.1 Å². The van der Waals surface area contributed by atoms with Crippen LogP contribution in [0.15, 0.2) is 65.1 Å². The van der Waals surface area contributed by atoms with Crippen molar-refractivity contribution < 1.29 is 13.2 Å². The van der Waals surface area contributed by atoms with Crippen LogP contribution in [0, 0.1) is 0 Å². The SMILES string of the molecule is O=C(CN(c1cccc(Cl)c1Cl)S(=O)(=O)c1ccccc1)NCC1=CCCCC1. The zero-order valence-electron chi connectivity index (χ0n) is 15.8. The van der Waals surface area contributed by atoms with E-state index >= 15 is 0 Å². The number of allylic oxidation sites excluding steroid dienone is 1. The molecular formula is C21H22Cl2N2O3S. The lowest BCUT2D eigenvalue weighted by atomic mass is 10.00. The molecule has 0 saturated carbocycles. The molecule has 1 aliphatic rings. The molecule has 8 heteroatoms. The molecule has 2 aromatic carbocycles. The van der Waals surface area contributed by atoms with Crippen molar-refractivity contribution in [2.45, 2.75) is 30.6 Å².